The Bertz CT molecular complexity index is 408. The quantitative estimate of drug-likeness (QED) is 0.806. The van der Waals surface area contributed by atoms with Gasteiger partial charge in [0.15, 0.2) is 0 Å². The Kier molecular flexibility index (Phi) is 5.88. The summed E-state index contributed by atoms with van der Waals surface area (Å²) in [5.74, 6) is 0.884. The second kappa shape index (κ2) is 6.96. The minimum absolute atomic E-state index is 0.329. The molecule has 0 saturated carbocycles. The van der Waals surface area contributed by atoms with Crippen molar-refractivity contribution in [3.63, 3.8) is 0 Å². The molecule has 0 fully saturated rings. The van der Waals surface area contributed by atoms with E-state index in [0.717, 1.165) is 5.56 Å². The molecule has 2 atom stereocenters. The van der Waals surface area contributed by atoms with Gasteiger partial charge < -0.3 is 11.1 Å². The van der Waals surface area contributed by atoms with Crippen molar-refractivity contribution >= 4 is 17.7 Å². The third kappa shape index (κ3) is 3.74. The molecular formula is C15H24N2OS. The molecule has 0 aliphatic heterocycles. The SMILES string of the molecule is CNC(CSC(C)C(C)C)(C(N)=O)c1ccccc1. The number of amides is 1. The Balaban J connectivity index is 2.98. The normalized spacial score (nSPS) is 16.1. The van der Waals surface area contributed by atoms with Crippen LogP contribution in [0.15, 0.2) is 30.3 Å². The van der Waals surface area contributed by atoms with Gasteiger partial charge in [-0.1, -0.05) is 51.1 Å². The van der Waals surface area contributed by atoms with Gasteiger partial charge in [-0.2, -0.15) is 11.8 Å². The summed E-state index contributed by atoms with van der Waals surface area (Å²) in [6.45, 7) is 6.55. The number of nitrogens with one attached hydrogen (secondary N) is 1. The molecule has 1 amide bonds. The molecule has 4 heteroatoms. The molecule has 0 heterocycles. The van der Waals surface area contributed by atoms with Gasteiger partial charge in [0.25, 0.3) is 0 Å². The first-order valence-corrected chi connectivity index (χ1v) is 7.65. The maximum atomic E-state index is 12.0. The smallest absolute Gasteiger partial charge is 0.243 e. The molecule has 0 aromatic heterocycles. The highest BCUT2D eigenvalue weighted by Crippen LogP contribution is 2.29. The maximum Gasteiger partial charge on any atom is 0.243 e. The highest BCUT2D eigenvalue weighted by atomic mass is 32.2. The van der Waals surface area contributed by atoms with Crippen LogP contribution in [0.25, 0.3) is 0 Å². The lowest BCUT2D eigenvalue weighted by molar-refractivity contribution is -0.123. The summed E-state index contributed by atoms with van der Waals surface area (Å²) in [5.41, 5.74) is 5.79. The molecule has 19 heavy (non-hydrogen) atoms. The Hall–Kier alpha value is -1.00. The number of carbonyl (C=O) groups excluding carboxylic acids is 1. The van der Waals surface area contributed by atoms with E-state index in [9.17, 15) is 4.79 Å². The lowest BCUT2D eigenvalue weighted by Gasteiger charge is -2.32. The molecule has 1 aromatic rings. The highest BCUT2D eigenvalue weighted by molar-refractivity contribution is 8.00. The van der Waals surface area contributed by atoms with Crippen LogP contribution in [-0.4, -0.2) is 24.0 Å². The number of hydrogen-bond donors (Lipinski definition) is 2. The lowest BCUT2D eigenvalue weighted by Crippen LogP contribution is -2.53. The van der Waals surface area contributed by atoms with Crippen LogP contribution < -0.4 is 11.1 Å². The van der Waals surface area contributed by atoms with Crippen molar-refractivity contribution in [2.75, 3.05) is 12.8 Å². The number of thioether (sulfide) groups is 1. The fraction of sp³-hybridized carbons (Fsp3) is 0.533. The lowest BCUT2D eigenvalue weighted by atomic mass is 9.91. The minimum atomic E-state index is -0.797. The van der Waals surface area contributed by atoms with Crippen molar-refractivity contribution in [3.8, 4) is 0 Å². The first-order chi connectivity index (χ1) is 8.94. The van der Waals surface area contributed by atoms with Gasteiger partial charge in [0, 0.05) is 11.0 Å². The molecule has 1 aromatic carbocycles. The zero-order chi connectivity index (χ0) is 14.5. The van der Waals surface area contributed by atoms with E-state index in [-0.39, 0.29) is 5.91 Å². The molecule has 3 N–H and O–H groups in total. The van der Waals surface area contributed by atoms with Crippen molar-refractivity contribution in [2.24, 2.45) is 11.7 Å². The molecule has 0 bridgehead atoms. The minimum Gasteiger partial charge on any atom is -0.368 e. The molecule has 106 valence electrons. The summed E-state index contributed by atoms with van der Waals surface area (Å²) in [6.07, 6.45) is 0. The van der Waals surface area contributed by atoms with Gasteiger partial charge in [-0.3, -0.25) is 4.79 Å². The van der Waals surface area contributed by atoms with Gasteiger partial charge in [-0.15, -0.1) is 0 Å². The number of hydrogen-bond acceptors (Lipinski definition) is 3. The van der Waals surface area contributed by atoms with Gasteiger partial charge in [0.2, 0.25) is 5.91 Å². The van der Waals surface area contributed by atoms with E-state index in [2.05, 4.69) is 26.1 Å². The molecular weight excluding hydrogens is 256 g/mol. The predicted octanol–water partition coefficient (Wildman–Crippen LogP) is 2.36. The van der Waals surface area contributed by atoms with Crippen LogP contribution in [0.4, 0.5) is 0 Å². The summed E-state index contributed by atoms with van der Waals surface area (Å²) in [5, 5.41) is 3.61. The Morgan fingerprint density at radius 1 is 1.32 bits per heavy atom. The number of benzene rings is 1. The summed E-state index contributed by atoms with van der Waals surface area (Å²) >= 11 is 1.78. The average Bonchev–Trinajstić information content (AvgIpc) is 2.40. The van der Waals surface area contributed by atoms with Crippen LogP contribution in [0.5, 0.6) is 0 Å². The van der Waals surface area contributed by atoms with Crippen molar-refractivity contribution in [3.05, 3.63) is 35.9 Å². The summed E-state index contributed by atoms with van der Waals surface area (Å²) < 4.78 is 0. The number of rotatable bonds is 7. The topological polar surface area (TPSA) is 55.1 Å². The van der Waals surface area contributed by atoms with Crippen molar-refractivity contribution in [1.29, 1.82) is 0 Å². The Morgan fingerprint density at radius 2 is 1.89 bits per heavy atom. The largest absolute Gasteiger partial charge is 0.368 e. The van der Waals surface area contributed by atoms with Crippen molar-refractivity contribution in [2.45, 2.75) is 31.6 Å². The molecule has 2 unspecified atom stereocenters. The fourth-order valence-corrected chi connectivity index (χ4v) is 3.16. The second-order valence-corrected chi connectivity index (χ2v) is 6.51. The average molecular weight is 280 g/mol. The van der Waals surface area contributed by atoms with Crippen LogP contribution in [0.1, 0.15) is 26.3 Å². The molecule has 3 nitrogen and oxygen atoms in total. The summed E-state index contributed by atoms with van der Waals surface area (Å²) in [6, 6.07) is 9.69. The van der Waals surface area contributed by atoms with Crippen LogP contribution in [-0.2, 0) is 10.3 Å². The number of likely N-dealkylation sites (N-methyl/N-ethyl adjacent to an activating group) is 1. The third-order valence-electron chi connectivity index (χ3n) is 3.62. The van der Waals surface area contributed by atoms with E-state index in [1.54, 1.807) is 18.8 Å². The van der Waals surface area contributed by atoms with Crippen molar-refractivity contribution < 1.29 is 4.79 Å². The first kappa shape index (κ1) is 16.1. The van der Waals surface area contributed by atoms with Crippen LogP contribution >= 0.6 is 11.8 Å². The molecule has 0 spiro atoms. The van der Waals surface area contributed by atoms with E-state index in [1.807, 2.05) is 30.3 Å². The van der Waals surface area contributed by atoms with Crippen LogP contribution in [0.2, 0.25) is 0 Å². The number of primary amides is 1. The standard InChI is InChI=1S/C15H24N2OS/c1-11(2)12(3)19-10-15(17-4,14(16)18)13-8-6-5-7-9-13/h5-9,11-12,17H,10H2,1-4H3,(H2,16,18). The van der Waals surface area contributed by atoms with E-state index in [4.69, 9.17) is 5.73 Å². The predicted molar refractivity (Wildman–Crippen MR) is 83.1 cm³/mol. The Labute approximate surface area is 120 Å². The van der Waals surface area contributed by atoms with E-state index >= 15 is 0 Å². The van der Waals surface area contributed by atoms with Crippen LogP contribution in [0, 0.1) is 5.92 Å². The van der Waals surface area contributed by atoms with Gasteiger partial charge in [0.05, 0.1) is 0 Å². The fourth-order valence-electron chi connectivity index (χ4n) is 1.81. The third-order valence-corrected chi connectivity index (χ3v) is 5.29. The molecule has 0 saturated heterocycles. The summed E-state index contributed by atoms with van der Waals surface area (Å²) in [7, 11) is 1.79. The first-order valence-electron chi connectivity index (χ1n) is 6.60. The maximum absolute atomic E-state index is 12.0. The Morgan fingerprint density at radius 3 is 2.32 bits per heavy atom. The monoisotopic (exact) mass is 280 g/mol. The zero-order valence-corrected chi connectivity index (χ0v) is 13.0. The molecule has 0 aliphatic carbocycles. The molecule has 1 rings (SSSR count). The number of carbonyl (C=O) groups is 1. The van der Waals surface area contributed by atoms with Gasteiger partial charge in [-0.05, 0) is 18.5 Å². The summed E-state index contributed by atoms with van der Waals surface area (Å²) in [4.78, 5) is 12.0. The van der Waals surface area contributed by atoms with Crippen LogP contribution in [0.3, 0.4) is 0 Å². The van der Waals surface area contributed by atoms with Gasteiger partial charge >= 0.3 is 0 Å². The van der Waals surface area contributed by atoms with Gasteiger partial charge in [-0.25, -0.2) is 0 Å². The van der Waals surface area contributed by atoms with E-state index in [0.29, 0.717) is 16.9 Å². The van der Waals surface area contributed by atoms with E-state index in [1.165, 1.54) is 0 Å². The highest BCUT2D eigenvalue weighted by Gasteiger charge is 2.37. The zero-order valence-electron chi connectivity index (χ0n) is 12.1. The number of nitrogens with two attached hydrogens (primary N) is 1. The van der Waals surface area contributed by atoms with Gasteiger partial charge in [0.1, 0.15) is 5.54 Å². The van der Waals surface area contributed by atoms with E-state index < -0.39 is 5.54 Å². The molecule has 0 radical (unpaired) electrons. The second-order valence-electron chi connectivity index (χ2n) is 5.15. The molecule has 0 aliphatic rings. The van der Waals surface area contributed by atoms with Crippen molar-refractivity contribution in [1.82, 2.24) is 5.32 Å².